The number of halogens is 1. The van der Waals surface area contributed by atoms with Gasteiger partial charge in [0.1, 0.15) is 11.6 Å². The topological polar surface area (TPSA) is 61.8 Å². The van der Waals surface area contributed by atoms with Crippen molar-refractivity contribution >= 4 is 5.91 Å². The molecule has 1 saturated heterocycles. The lowest BCUT2D eigenvalue weighted by Crippen LogP contribution is -2.48. The number of aliphatic hydroxyl groups is 1. The molecule has 1 amide bonds. The van der Waals surface area contributed by atoms with E-state index in [-0.39, 0.29) is 30.4 Å². The van der Waals surface area contributed by atoms with Gasteiger partial charge < -0.3 is 15.2 Å². The zero-order chi connectivity index (χ0) is 16.2. The van der Waals surface area contributed by atoms with Gasteiger partial charge in [0.05, 0.1) is 12.1 Å². The molecule has 2 fully saturated rings. The number of rotatable bonds is 5. The molecule has 0 bridgehead atoms. The minimum absolute atomic E-state index is 0.136. The zero-order valence-corrected chi connectivity index (χ0v) is 13.1. The van der Waals surface area contributed by atoms with Crippen LogP contribution in [0.25, 0.3) is 0 Å². The molecule has 1 heterocycles. The molecule has 1 aliphatic heterocycles. The Kier molecular flexibility index (Phi) is 5.13. The zero-order valence-electron chi connectivity index (χ0n) is 13.1. The van der Waals surface area contributed by atoms with E-state index in [1.165, 1.54) is 37.1 Å². The van der Waals surface area contributed by atoms with Gasteiger partial charge in [0, 0.05) is 6.04 Å². The number of aliphatic hydroxyl groups excluding tert-OH is 1. The quantitative estimate of drug-likeness (QED) is 0.858. The highest BCUT2D eigenvalue weighted by molar-refractivity contribution is 5.78. The van der Waals surface area contributed by atoms with Gasteiger partial charge in [-0.25, -0.2) is 4.39 Å². The molecule has 1 aromatic rings. The molecule has 0 unspecified atom stereocenters. The van der Waals surface area contributed by atoms with Crippen LogP contribution in [-0.4, -0.2) is 53.8 Å². The lowest BCUT2D eigenvalue weighted by atomic mass is 10.1. The second kappa shape index (κ2) is 7.27. The second-order valence-corrected chi connectivity index (χ2v) is 6.29. The Morgan fingerprint density at radius 1 is 1.26 bits per heavy atom. The summed E-state index contributed by atoms with van der Waals surface area (Å²) in [5, 5.41) is 13.3. The Labute approximate surface area is 135 Å². The fourth-order valence-electron chi connectivity index (χ4n) is 3.52. The van der Waals surface area contributed by atoms with E-state index >= 15 is 0 Å². The molecular formula is C17H23FN2O3. The Bertz CT molecular complexity index is 531. The number of nitrogens with zero attached hydrogens (tertiary/aromatic N) is 1. The summed E-state index contributed by atoms with van der Waals surface area (Å²) in [5.74, 6) is -0.159. The molecule has 5 nitrogen and oxygen atoms in total. The summed E-state index contributed by atoms with van der Waals surface area (Å²) in [7, 11) is 0. The van der Waals surface area contributed by atoms with Crippen molar-refractivity contribution in [1.29, 1.82) is 0 Å². The Balaban J connectivity index is 1.45. The summed E-state index contributed by atoms with van der Waals surface area (Å²) in [6, 6.07) is 5.47. The number of benzene rings is 1. The number of hydrogen-bond donors (Lipinski definition) is 2. The SMILES string of the molecule is O=C(COc1ccc(F)cc1)N[C@@H]1CC[C@@H](N2CCCC2)[C@@H]1O. The van der Waals surface area contributed by atoms with Crippen molar-refractivity contribution in [3.63, 3.8) is 0 Å². The van der Waals surface area contributed by atoms with Crippen LogP contribution in [0.4, 0.5) is 4.39 Å². The summed E-state index contributed by atoms with van der Waals surface area (Å²) >= 11 is 0. The predicted octanol–water partition coefficient (Wildman–Crippen LogP) is 1.31. The highest BCUT2D eigenvalue weighted by Gasteiger charge is 2.39. The minimum atomic E-state index is -0.525. The highest BCUT2D eigenvalue weighted by Crippen LogP contribution is 2.27. The summed E-state index contributed by atoms with van der Waals surface area (Å²) in [5.41, 5.74) is 0. The first-order valence-electron chi connectivity index (χ1n) is 8.23. The van der Waals surface area contributed by atoms with Crippen molar-refractivity contribution in [2.45, 2.75) is 43.9 Å². The van der Waals surface area contributed by atoms with Gasteiger partial charge in [-0.2, -0.15) is 0 Å². The predicted molar refractivity (Wildman–Crippen MR) is 83.7 cm³/mol. The molecule has 126 valence electrons. The van der Waals surface area contributed by atoms with Gasteiger partial charge >= 0.3 is 0 Å². The first kappa shape index (κ1) is 16.2. The molecule has 0 spiro atoms. The summed E-state index contributed by atoms with van der Waals surface area (Å²) in [4.78, 5) is 14.3. The summed E-state index contributed by atoms with van der Waals surface area (Å²) in [6.07, 6.45) is 3.54. The monoisotopic (exact) mass is 322 g/mol. The van der Waals surface area contributed by atoms with Gasteiger partial charge in [-0.3, -0.25) is 9.69 Å². The Morgan fingerprint density at radius 2 is 1.96 bits per heavy atom. The maximum Gasteiger partial charge on any atom is 0.258 e. The minimum Gasteiger partial charge on any atom is -0.484 e. The second-order valence-electron chi connectivity index (χ2n) is 6.29. The van der Waals surface area contributed by atoms with Crippen LogP contribution in [0.5, 0.6) is 5.75 Å². The van der Waals surface area contributed by atoms with E-state index in [9.17, 15) is 14.3 Å². The number of likely N-dealkylation sites (tertiary alicyclic amines) is 1. The Hall–Kier alpha value is -1.66. The van der Waals surface area contributed by atoms with Crippen LogP contribution in [-0.2, 0) is 4.79 Å². The number of carbonyl (C=O) groups is 1. The molecule has 6 heteroatoms. The molecule has 3 atom stereocenters. The molecule has 0 radical (unpaired) electrons. The highest BCUT2D eigenvalue weighted by atomic mass is 19.1. The van der Waals surface area contributed by atoms with E-state index in [0.717, 1.165) is 25.9 Å². The van der Waals surface area contributed by atoms with Crippen LogP contribution in [0.2, 0.25) is 0 Å². The molecule has 3 rings (SSSR count). The van der Waals surface area contributed by atoms with E-state index in [4.69, 9.17) is 4.74 Å². The fourth-order valence-corrected chi connectivity index (χ4v) is 3.52. The maximum absolute atomic E-state index is 12.8. The van der Waals surface area contributed by atoms with Crippen molar-refractivity contribution in [3.05, 3.63) is 30.1 Å². The summed E-state index contributed by atoms with van der Waals surface area (Å²) in [6.45, 7) is 1.94. The summed E-state index contributed by atoms with van der Waals surface area (Å²) < 4.78 is 18.1. The van der Waals surface area contributed by atoms with E-state index in [1.54, 1.807) is 0 Å². The smallest absolute Gasteiger partial charge is 0.258 e. The first-order chi connectivity index (χ1) is 11.1. The van der Waals surface area contributed by atoms with E-state index in [1.807, 2.05) is 0 Å². The van der Waals surface area contributed by atoms with Gasteiger partial charge in [-0.1, -0.05) is 0 Å². The van der Waals surface area contributed by atoms with Gasteiger partial charge in [0.2, 0.25) is 0 Å². The van der Waals surface area contributed by atoms with Gasteiger partial charge in [-0.15, -0.1) is 0 Å². The van der Waals surface area contributed by atoms with E-state index < -0.39 is 6.10 Å². The van der Waals surface area contributed by atoms with Crippen LogP contribution in [0.3, 0.4) is 0 Å². The van der Waals surface area contributed by atoms with Gasteiger partial charge in [0.25, 0.3) is 5.91 Å². The van der Waals surface area contributed by atoms with Crippen molar-refractivity contribution < 1.29 is 19.0 Å². The van der Waals surface area contributed by atoms with Crippen molar-refractivity contribution in [1.82, 2.24) is 10.2 Å². The fraction of sp³-hybridized carbons (Fsp3) is 0.588. The van der Waals surface area contributed by atoms with Gasteiger partial charge in [-0.05, 0) is 63.0 Å². The van der Waals surface area contributed by atoms with Crippen molar-refractivity contribution in [2.75, 3.05) is 19.7 Å². The number of nitrogens with one attached hydrogen (secondary N) is 1. The molecule has 1 saturated carbocycles. The van der Waals surface area contributed by atoms with Crippen molar-refractivity contribution in [2.24, 2.45) is 0 Å². The van der Waals surface area contributed by atoms with E-state index in [0.29, 0.717) is 5.75 Å². The van der Waals surface area contributed by atoms with Crippen LogP contribution in [0.1, 0.15) is 25.7 Å². The first-order valence-corrected chi connectivity index (χ1v) is 8.23. The third-order valence-corrected chi connectivity index (χ3v) is 4.72. The van der Waals surface area contributed by atoms with Gasteiger partial charge in [0.15, 0.2) is 6.61 Å². The third-order valence-electron chi connectivity index (χ3n) is 4.72. The molecule has 23 heavy (non-hydrogen) atoms. The molecule has 1 aromatic carbocycles. The average Bonchev–Trinajstić information content (AvgIpc) is 3.18. The normalized spacial score (nSPS) is 28.0. The largest absolute Gasteiger partial charge is 0.484 e. The molecule has 2 aliphatic rings. The van der Waals surface area contributed by atoms with Crippen LogP contribution in [0.15, 0.2) is 24.3 Å². The van der Waals surface area contributed by atoms with Crippen molar-refractivity contribution in [3.8, 4) is 5.75 Å². The Morgan fingerprint density at radius 3 is 2.65 bits per heavy atom. The van der Waals surface area contributed by atoms with Crippen LogP contribution < -0.4 is 10.1 Å². The van der Waals surface area contributed by atoms with Crippen LogP contribution >= 0.6 is 0 Å². The van der Waals surface area contributed by atoms with Crippen LogP contribution in [0, 0.1) is 5.82 Å². The lowest BCUT2D eigenvalue weighted by Gasteiger charge is -2.28. The standard InChI is InChI=1S/C17H23FN2O3/c18-12-3-5-13(6-4-12)23-11-16(21)19-14-7-8-15(17(14)22)20-9-1-2-10-20/h3-6,14-15,17,22H,1-2,7-11H2,(H,19,21)/t14-,15-,17-/m1/s1. The number of hydrogen-bond acceptors (Lipinski definition) is 4. The lowest BCUT2D eigenvalue weighted by molar-refractivity contribution is -0.124. The average molecular weight is 322 g/mol. The molecule has 2 N–H and O–H groups in total. The number of carbonyl (C=O) groups excluding carboxylic acids is 1. The van der Waals surface area contributed by atoms with E-state index in [2.05, 4.69) is 10.2 Å². The molecular weight excluding hydrogens is 299 g/mol. The number of ether oxygens (including phenoxy) is 1. The number of amides is 1. The molecule has 1 aliphatic carbocycles. The maximum atomic E-state index is 12.8. The molecule has 0 aromatic heterocycles. The third kappa shape index (κ3) is 4.00.